The molecule has 0 atom stereocenters. The SMILES string of the molecule is NS(=O)(=O)c1cc(N2CCN(CC3CCCCC3)CC2)cc([N+](=O)[O-])c1. The molecule has 0 unspecified atom stereocenters. The zero-order chi connectivity index (χ0) is 18.7. The molecule has 1 aliphatic carbocycles. The monoisotopic (exact) mass is 382 g/mol. The van der Waals surface area contributed by atoms with Crippen molar-refractivity contribution >= 4 is 21.4 Å². The number of non-ortho nitro benzene ring substituents is 1. The fourth-order valence-electron chi connectivity index (χ4n) is 3.94. The normalized spacial score (nSPS) is 20.3. The molecule has 2 aliphatic rings. The lowest BCUT2D eigenvalue weighted by Crippen LogP contribution is -2.48. The van der Waals surface area contributed by atoms with Crippen LogP contribution in [0.5, 0.6) is 0 Å². The van der Waals surface area contributed by atoms with E-state index in [1.54, 1.807) is 0 Å². The van der Waals surface area contributed by atoms with Crippen LogP contribution in [0.25, 0.3) is 0 Å². The van der Waals surface area contributed by atoms with Gasteiger partial charge in [0.05, 0.1) is 9.82 Å². The van der Waals surface area contributed by atoms with E-state index in [2.05, 4.69) is 4.90 Å². The summed E-state index contributed by atoms with van der Waals surface area (Å²) in [5, 5.41) is 16.3. The van der Waals surface area contributed by atoms with Gasteiger partial charge < -0.3 is 4.90 Å². The Morgan fingerprint density at radius 2 is 1.73 bits per heavy atom. The van der Waals surface area contributed by atoms with Gasteiger partial charge in [0.15, 0.2) is 0 Å². The van der Waals surface area contributed by atoms with Crippen LogP contribution in [0.4, 0.5) is 11.4 Å². The largest absolute Gasteiger partial charge is 0.369 e. The number of nitro benzene ring substituents is 1. The van der Waals surface area contributed by atoms with Gasteiger partial charge in [0.25, 0.3) is 5.69 Å². The average Bonchev–Trinajstić information content (AvgIpc) is 2.62. The molecular formula is C17H26N4O4S. The van der Waals surface area contributed by atoms with E-state index in [9.17, 15) is 18.5 Å². The van der Waals surface area contributed by atoms with E-state index in [0.717, 1.165) is 44.7 Å². The molecule has 26 heavy (non-hydrogen) atoms. The molecule has 1 saturated heterocycles. The van der Waals surface area contributed by atoms with Gasteiger partial charge in [0.2, 0.25) is 10.0 Å². The molecule has 1 aliphatic heterocycles. The summed E-state index contributed by atoms with van der Waals surface area (Å²) in [6, 6.07) is 3.86. The van der Waals surface area contributed by atoms with E-state index in [4.69, 9.17) is 5.14 Å². The lowest BCUT2D eigenvalue weighted by atomic mass is 9.89. The van der Waals surface area contributed by atoms with Crippen LogP contribution < -0.4 is 10.0 Å². The second-order valence-electron chi connectivity index (χ2n) is 7.28. The molecular weight excluding hydrogens is 356 g/mol. The maximum atomic E-state index is 11.6. The van der Waals surface area contributed by atoms with E-state index in [1.165, 1.54) is 44.2 Å². The number of sulfonamides is 1. The standard InChI is InChI=1S/C17H26N4O4S/c18-26(24,25)17-11-15(10-16(12-17)21(22)23)20-8-6-19(7-9-20)13-14-4-2-1-3-5-14/h10-12,14H,1-9,13H2,(H2,18,24,25). The van der Waals surface area contributed by atoms with Gasteiger partial charge in [0.1, 0.15) is 0 Å². The van der Waals surface area contributed by atoms with Crippen LogP contribution in [0.2, 0.25) is 0 Å². The molecule has 0 aromatic heterocycles. The molecule has 9 heteroatoms. The molecule has 0 amide bonds. The first-order valence-electron chi connectivity index (χ1n) is 9.12. The molecule has 0 bridgehead atoms. The van der Waals surface area contributed by atoms with Crippen molar-refractivity contribution in [2.24, 2.45) is 11.1 Å². The Labute approximate surface area is 154 Å². The summed E-state index contributed by atoms with van der Waals surface area (Å²) in [5.74, 6) is 0.780. The van der Waals surface area contributed by atoms with Crippen molar-refractivity contribution in [3.05, 3.63) is 28.3 Å². The molecule has 1 heterocycles. The number of anilines is 1. The minimum Gasteiger partial charge on any atom is -0.369 e. The van der Waals surface area contributed by atoms with Crippen molar-refractivity contribution in [3.8, 4) is 0 Å². The number of primary sulfonamides is 1. The van der Waals surface area contributed by atoms with Crippen LogP contribution in [0.1, 0.15) is 32.1 Å². The Hall–Kier alpha value is -1.71. The van der Waals surface area contributed by atoms with Gasteiger partial charge in [-0.2, -0.15) is 0 Å². The molecule has 3 rings (SSSR count). The third kappa shape index (κ3) is 4.72. The fourth-order valence-corrected chi connectivity index (χ4v) is 4.51. The molecule has 1 aromatic carbocycles. The molecule has 2 fully saturated rings. The van der Waals surface area contributed by atoms with E-state index in [-0.39, 0.29) is 10.6 Å². The van der Waals surface area contributed by atoms with Crippen molar-refractivity contribution in [1.29, 1.82) is 0 Å². The van der Waals surface area contributed by atoms with Gasteiger partial charge in [-0.15, -0.1) is 0 Å². The Kier molecular flexibility index (Phi) is 5.79. The molecule has 0 radical (unpaired) electrons. The van der Waals surface area contributed by atoms with E-state index >= 15 is 0 Å². The van der Waals surface area contributed by atoms with Crippen LogP contribution in [0, 0.1) is 16.0 Å². The summed E-state index contributed by atoms with van der Waals surface area (Å²) in [7, 11) is -3.99. The van der Waals surface area contributed by atoms with Gasteiger partial charge in [-0.3, -0.25) is 15.0 Å². The number of nitrogens with zero attached hydrogens (tertiary/aromatic N) is 3. The van der Waals surface area contributed by atoms with Crippen molar-refractivity contribution < 1.29 is 13.3 Å². The number of hydrogen-bond acceptors (Lipinski definition) is 6. The summed E-state index contributed by atoms with van der Waals surface area (Å²) in [6.45, 7) is 4.31. The highest BCUT2D eigenvalue weighted by molar-refractivity contribution is 7.89. The average molecular weight is 382 g/mol. The topological polar surface area (TPSA) is 110 Å². The summed E-state index contributed by atoms with van der Waals surface area (Å²) >= 11 is 0. The van der Waals surface area contributed by atoms with Gasteiger partial charge in [-0.1, -0.05) is 19.3 Å². The van der Waals surface area contributed by atoms with Crippen LogP contribution in [0.3, 0.4) is 0 Å². The second-order valence-corrected chi connectivity index (χ2v) is 8.84. The zero-order valence-corrected chi connectivity index (χ0v) is 15.7. The van der Waals surface area contributed by atoms with Crippen molar-refractivity contribution in [3.63, 3.8) is 0 Å². The summed E-state index contributed by atoms with van der Waals surface area (Å²) in [6.07, 6.45) is 6.62. The highest BCUT2D eigenvalue weighted by atomic mass is 32.2. The first kappa shape index (κ1) is 19.1. The van der Waals surface area contributed by atoms with E-state index in [0.29, 0.717) is 5.69 Å². The van der Waals surface area contributed by atoms with Crippen molar-refractivity contribution in [1.82, 2.24) is 4.90 Å². The molecule has 1 aromatic rings. The Morgan fingerprint density at radius 1 is 1.08 bits per heavy atom. The highest BCUT2D eigenvalue weighted by Crippen LogP contribution is 2.28. The lowest BCUT2D eigenvalue weighted by Gasteiger charge is -2.38. The first-order chi connectivity index (χ1) is 12.3. The van der Waals surface area contributed by atoms with Gasteiger partial charge in [-0.25, -0.2) is 13.6 Å². The van der Waals surface area contributed by atoms with Gasteiger partial charge >= 0.3 is 0 Å². The van der Waals surface area contributed by atoms with E-state index in [1.807, 2.05) is 4.90 Å². The maximum absolute atomic E-state index is 11.6. The number of nitro groups is 1. The van der Waals surface area contributed by atoms with Crippen LogP contribution in [-0.2, 0) is 10.0 Å². The lowest BCUT2D eigenvalue weighted by molar-refractivity contribution is -0.385. The van der Waals surface area contributed by atoms with E-state index < -0.39 is 14.9 Å². The number of hydrogen-bond donors (Lipinski definition) is 1. The third-order valence-electron chi connectivity index (χ3n) is 5.39. The predicted molar refractivity (Wildman–Crippen MR) is 99.7 cm³/mol. The minimum atomic E-state index is -3.99. The van der Waals surface area contributed by atoms with Crippen molar-refractivity contribution in [2.75, 3.05) is 37.6 Å². The van der Waals surface area contributed by atoms with Gasteiger partial charge in [-0.05, 0) is 24.8 Å². The quantitative estimate of drug-likeness (QED) is 0.616. The summed E-state index contributed by atoms with van der Waals surface area (Å²) in [4.78, 5) is 14.8. The van der Waals surface area contributed by atoms with Crippen LogP contribution in [-0.4, -0.2) is 51.0 Å². The molecule has 144 valence electrons. The van der Waals surface area contributed by atoms with Gasteiger partial charge in [0, 0.05) is 50.5 Å². The minimum absolute atomic E-state index is 0.216. The smallest absolute Gasteiger partial charge is 0.272 e. The molecule has 0 spiro atoms. The number of piperazine rings is 1. The maximum Gasteiger partial charge on any atom is 0.272 e. The summed E-state index contributed by atoms with van der Waals surface area (Å²) < 4.78 is 23.3. The number of benzene rings is 1. The Morgan fingerprint density at radius 3 is 2.31 bits per heavy atom. The summed E-state index contributed by atoms with van der Waals surface area (Å²) in [5.41, 5.74) is 0.289. The first-order valence-corrected chi connectivity index (χ1v) is 10.7. The molecule has 2 N–H and O–H groups in total. The Bertz CT molecular complexity index is 754. The van der Waals surface area contributed by atoms with Crippen LogP contribution in [0.15, 0.2) is 23.1 Å². The predicted octanol–water partition coefficient (Wildman–Crippen LogP) is 1.94. The number of rotatable bonds is 5. The highest BCUT2D eigenvalue weighted by Gasteiger charge is 2.24. The number of nitrogens with two attached hydrogens (primary N) is 1. The Balaban J connectivity index is 1.68. The van der Waals surface area contributed by atoms with Crippen molar-refractivity contribution in [2.45, 2.75) is 37.0 Å². The van der Waals surface area contributed by atoms with Crippen LogP contribution >= 0.6 is 0 Å². The fraction of sp³-hybridized carbons (Fsp3) is 0.647. The third-order valence-corrected chi connectivity index (χ3v) is 6.29. The molecule has 1 saturated carbocycles. The zero-order valence-electron chi connectivity index (χ0n) is 14.8. The molecule has 8 nitrogen and oxygen atoms in total. The second kappa shape index (κ2) is 7.89.